The summed E-state index contributed by atoms with van der Waals surface area (Å²) in [4.78, 5) is 16.4. The van der Waals surface area contributed by atoms with E-state index in [1.165, 1.54) is 0 Å². The second-order valence-corrected chi connectivity index (χ2v) is 6.13. The number of hydrogen-bond donors (Lipinski definition) is 0. The molecule has 7 heteroatoms. The second kappa shape index (κ2) is 5.74. The summed E-state index contributed by atoms with van der Waals surface area (Å²) in [7, 11) is 1.89. The smallest absolute Gasteiger partial charge is 0.267 e. The molecule has 2 aromatic rings. The Morgan fingerprint density at radius 2 is 2.16 bits per heavy atom. The van der Waals surface area contributed by atoms with Crippen LogP contribution in [0.1, 0.15) is 24.0 Å². The van der Waals surface area contributed by atoms with Gasteiger partial charge in [-0.15, -0.1) is 0 Å². The predicted molar refractivity (Wildman–Crippen MR) is 85.3 cm³/mol. The van der Waals surface area contributed by atoms with Gasteiger partial charge in [0.05, 0.1) is 38.0 Å². The average Bonchev–Trinajstić information content (AvgIpc) is 2.66. The van der Waals surface area contributed by atoms with E-state index in [0.29, 0.717) is 10.1 Å². The first-order valence-electron chi connectivity index (χ1n) is 5.87. The molecule has 0 amide bonds. The lowest BCUT2D eigenvalue weighted by molar-refractivity contribution is 0.636. The highest BCUT2D eigenvalue weighted by Gasteiger charge is 2.14. The molecule has 2 rings (SSSR count). The molecular weight excluding hydrogens is 423 g/mol. The monoisotopic (exact) mass is 436 g/mol. The molecule has 0 spiro atoms. The summed E-state index contributed by atoms with van der Waals surface area (Å²) >= 11 is 5.59. The summed E-state index contributed by atoms with van der Waals surface area (Å²) in [6, 6.07) is 0. The van der Waals surface area contributed by atoms with E-state index in [1.807, 2.05) is 41.2 Å². The summed E-state index contributed by atoms with van der Waals surface area (Å²) in [6.45, 7) is 4.36. The minimum Gasteiger partial charge on any atom is -0.292 e. The lowest BCUT2D eigenvalue weighted by Gasteiger charge is -2.08. The SMILES string of the molecule is CCc1nn(C)c(Cn2cnc(C)c(I)c2=O)c1Br. The van der Waals surface area contributed by atoms with Crippen molar-refractivity contribution in [1.29, 1.82) is 0 Å². The molecule has 0 saturated heterocycles. The molecular formula is C12H14BrIN4O. The van der Waals surface area contributed by atoms with Gasteiger partial charge in [0.25, 0.3) is 5.56 Å². The molecule has 2 heterocycles. The molecule has 0 fully saturated rings. The fourth-order valence-corrected chi connectivity index (χ4v) is 3.00. The van der Waals surface area contributed by atoms with Crippen LogP contribution in [0.2, 0.25) is 0 Å². The van der Waals surface area contributed by atoms with Crippen LogP contribution in [0.5, 0.6) is 0 Å². The molecule has 5 nitrogen and oxygen atoms in total. The molecule has 2 aromatic heterocycles. The van der Waals surface area contributed by atoms with Crippen LogP contribution >= 0.6 is 38.5 Å². The van der Waals surface area contributed by atoms with Crippen molar-refractivity contribution >= 4 is 38.5 Å². The number of hydrogen-bond acceptors (Lipinski definition) is 3. The third-order valence-corrected chi connectivity index (χ3v) is 5.14. The zero-order valence-corrected chi connectivity index (χ0v) is 14.7. The quantitative estimate of drug-likeness (QED) is 0.693. The zero-order valence-electron chi connectivity index (χ0n) is 10.9. The van der Waals surface area contributed by atoms with E-state index >= 15 is 0 Å². The molecule has 0 aliphatic heterocycles. The van der Waals surface area contributed by atoms with E-state index in [1.54, 1.807) is 10.9 Å². The summed E-state index contributed by atoms with van der Waals surface area (Å²) in [5.74, 6) is 0. The van der Waals surface area contributed by atoms with Crippen LogP contribution in [0.3, 0.4) is 0 Å². The maximum Gasteiger partial charge on any atom is 0.267 e. The Kier molecular flexibility index (Phi) is 4.44. The van der Waals surface area contributed by atoms with Gasteiger partial charge >= 0.3 is 0 Å². The Labute approximate surface area is 133 Å². The van der Waals surface area contributed by atoms with E-state index in [2.05, 4.69) is 32.9 Å². The Bertz CT molecular complexity index is 677. The molecule has 0 N–H and O–H groups in total. The van der Waals surface area contributed by atoms with Crippen molar-refractivity contribution in [3.63, 3.8) is 0 Å². The first-order chi connectivity index (χ1) is 8.95. The van der Waals surface area contributed by atoms with E-state index in [0.717, 1.165) is 28.0 Å². The molecule has 0 unspecified atom stereocenters. The van der Waals surface area contributed by atoms with Crippen molar-refractivity contribution in [2.24, 2.45) is 7.05 Å². The number of halogens is 2. The lowest BCUT2D eigenvalue weighted by Crippen LogP contribution is -2.25. The van der Waals surface area contributed by atoms with Gasteiger partial charge in [-0.1, -0.05) is 6.92 Å². The van der Waals surface area contributed by atoms with Gasteiger partial charge in [0.15, 0.2) is 0 Å². The fourth-order valence-electron chi connectivity index (χ4n) is 1.81. The second-order valence-electron chi connectivity index (χ2n) is 4.26. The minimum absolute atomic E-state index is 0.0146. The fraction of sp³-hybridized carbons (Fsp3) is 0.417. The molecule has 0 saturated carbocycles. The van der Waals surface area contributed by atoms with Crippen molar-refractivity contribution in [1.82, 2.24) is 19.3 Å². The molecule has 102 valence electrons. The molecule has 19 heavy (non-hydrogen) atoms. The zero-order chi connectivity index (χ0) is 14.2. The molecule has 0 atom stereocenters. The van der Waals surface area contributed by atoms with Gasteiger partial charge in [0, 0.05) is 7.05 Å². The summed E-state index contributed by atoms with van der Waals surface area (Å²) in [6.07, 6.45) is 2.44. The van der Waals surface area contributed by atoms with Crippen LogP contribution in [-0.2, 0) is 20.0 Å². The highest BCUT2D eigenvalue weighted by Crippen LogP contribution is 2.22. The maximum absolute atomic E-state index is 12.2. The summed E-state index contributed by atoms with van der Waals surface area (Å²) in [5, 5.41) is 4.43. The standard InChI is InChI=1S/C12H14BrIN4O/c1-4-8-10(13)9(17(3)16-8)5-18-6-15-7(2)11(14)12(18)19/h6H,4-5H2,1-3H3. The van der Waals surface area contributed by atoms with Crippen molar-refractivity contribution in [2.75, 3.05) is 0 Å². The first kappa shape index (κ1) is 14.7. The van der Waals surface area contributed by atoms with Crippen molar-refractivity contribution in [2.45, 2.75) is 26.8 Å². The average molecular weight is 437 g/mol. The Morgan fingerprint density at radius 1 is 1.47 bits per heavy atom. The molecule has 0 aromatic carbocycles. The van der Waals surface area contributed by atoms with Crippen molar-refractivity contribution < 1.29 is 0 Å². The largest absolute Gasteiger partial charge is 0.292 e. The number of rotatable bonds is 3. The number of aromatic nitrogens is 4. The number of nitrogens with zero attached hydrogens (tertiary/aromatic N) is 4. The van der Waals surface area contributed by atoms with E-state index in [-0.39, 0.29) is 5.56 Å². The molecule has 0 aliphatic rings. The highest BCUT2D eigenvalue weighted by molar-refractivity contribution is 14.1. The lowest BCUT2D eigenvalue weighted by atomic mass is 10.3. The third-order valence-electron chi connectivity index (χ3n) is 2.98. The van der Waals surface area contributed by atoms with Gasteiger partial charge in [-0.2, -0.15) is 5.10 Å². The van der Waals surface area contributed by atoms with Crippen molar-refractivity contribution in [3.05, 3.63) is 41.8 Å². The normalized spacial score (nSPS) is 11.0. The minimum atomic E-state index is -0.0146. The molecule has 0 bridgehead atoms. The van der Waals surface area contributed by atoms with Crippen molar-refractivity contribution in [3.8, 4) is 0 Å². The molecule has 0 radical (unpaired) electrons. The number of aryl methyl sites for hydroxylation is 3. The van der Waals surface area contributed by atoms with E-state index in [9.17, 15) is 4.79 Å². The summed E-state index contributed by atoms with van der Waals surface area (Å²) in [5.41, 5.74) is 2.72. The first-order valence-corrected chi connectivity index (χ1v) is 7.74. The van der Waals surface area contributed by atoms with Crippen LogP contribution in [0.4, 0.5) is 0 Å². The van der Waals surface area contributed by atoms with Gasteiger partial charge in [-0.25, -0.2) is 4.98 Å². The highest BCUT2D eigenvalue weighted by atomic mass is 127. The van der Waals surface area contributed by atoms with Gasteiger partial charge < -0.3 is 0 Å². The maximum atomic E-state index is 12.2. The van der Waals surface area contributed by atoms with Gasteiger partial charge in [-0.3, -0.25) is 14.0 Å². The van der Waals surface area contributed by atoms with Crippen LogP contribution in [-0.4, -0.2) is 19.3 Å². The van der Waals surface area contributed by atoms with E-state index in [4.69, 9.17) is 0 Å². The van der Waals surface area contributed by atoms with Gasteiger partial charge in [-0.05, 0) is 51.9 Å². The topological polar surface area (TPSA) is 52.7 Å². The van der Waals surface area contributed by atoms with E-state index < -0.39 is 0 Å². The Morgan fingerprint density at radius 3 is 2.74 bits per heavy atom. The summed E-state index contributed by atoms with van der Waals surface area (Å²) < 4.78 is 5.05. The Hall–Kier alpha value is -0.700. The Balaban J connectivity index is 2.45. The van der Waals surface area contributed by atoms with Gasteiger partial charge in [0.2, 0.25) is 0 Å². The molecule has 0 aliphatic carbocycles. The van der Waals surface area contributed by atoms with Gasteiger partial charge in [0.1, 0.15) is 0 Å². The van der Waals surface area contributed by atoms with Crippen LogP contribution in [0.25, 0.3) is 0 Å². The van der Waals surface area contributed by atoms with Crippen LogP contribution in [0, 0.1) is 10.5 Å². The third kappa shape index (κ3) is 2.76. The van der Waals surface area contributed by atoms with Crippen LogP contribution in [0.15, 0.2) is 15.6 Å². The predicted octanol–water partition coefficient (Wildman–Crippen LogP) is 2.26. The van der Waals surface area contributed by atoms with Crippen LogP contribution < -0.4 is 5.56 Å².